The maximum Gasteiger partial charge on any atom is 0.269 e. The number of hydrogen-bond acceptors (Lipinski definition) is 6. The number of aromatic nitrogens is 2. The van der Waals surface area contributed by atoms with Gasteiger partial charge in [0.15, 0.2) is 5.13 Å². The third-order valence-electron chi connectivity index (χ3n) is 4.84. The van der Waals surface area contributed by atoms with Crippen molar-refractivity contribution in [2.24, 2.45) is 0 Å². The van der Waals surface area contributed by atoms with E-state index in [0.717, 1.165) is 34.5 Å². The highest BCUT2D eigenvalue weighted by molar-refractivity contribution is 7.14. The van der Waals surface area contributed by atoms with Gasteiger partial charge >= 0.3 is 0 Å². The summed E-state index contributed by atoms with van der Waals surface area (Å²) in [4.78, 5) is 33.9. The summed E-state index contributed by atoms with van der Waals surface area (Å²) in [6.07, 6.45) is 1.21. The average Bonchev–Trinajstić information content (AvgIpc) is 3.44. The SMILES string of the molecule is O=C1CCc2cc(-c3csc(NC(=O)c4scnc4-c4ccccc4)n3)ccc2N1. The van der Waals surface area contributed by atoms with Crippen LogP contribution in [-0.2, 0) is 11.2 Å². The van der Waals surface area contributed by atoms with Crippen LogP contribution in [0.5, 0.6) is 0 Å². The van der Waals surface area contributed by atoms with E-state index in [1.807, 2.05) is 53.9 Å². The van der Waals surface area contributed by atoms with E-state index in [1.165, 1.54) is 22.7 Å². The van der Waals surface area contributed by atoms with Gasteiger partial charge in [0.05, 0.1) is 16.9 Å². The fraction of sp³-hybridized carbons (Fsp3) is 0.0909. The Kier molecular flexibility index (Phi) is 4.86. The molecule has 0 atom stereocenters. The molecule has 0 radical (unpaired) electrons. The Morgan fingerprint density at radius 2 is 1.90 bits per heavy atom. The van der Waals surface area contributed by atoms with Crippen LogP contribution in [-0.4, -0.2) is 21.8 Å². The zero-order valence-corrected chi connectivity index (χ0v) is 17.3. The van der Waals surface area contributed by atoms with Gasteiger partial charge in [-0.1, -0.05) is 36.4 Å². The first kappa shape index (κ1) is 18.7. The highest BCUT2D eigenvalue weighted by atomic mass is 32.1. The molecule has 2 aromatic heterocycles. The number of rotatable bonds is 4. The molecule has 0 unspecified atom stereocenters. The number of amides is 2. The van der Waals surface area contributed by atoms with Crippen molar-refractivity contribution in [3.63, 3.8) is 0 Å². The van der Waals surface area contributed by atoms with Crippen molar-refractivity contribution >= 4 is 45.3 Å². The van der Waals surface area contributed by atoms with Gasteiger partial charge in [-0.25, -0.2) is 9.97 Å². The van der Waals surface area contributed by atoms with Crippen molar-refractivity contribution in [3.05, 3.63) is 69.9 Å². The Bertz CT molecular complexity index is 1250. The van der Waals surface area contributed by atoms with Gasteiger partial charge in [0, 0.05) is 28.6 Å². The molecule has 2 N–H and O–H groups in total. The van der Waals surface area contributed by atoms with Crippen molar-refractivity contribution in [3.8, 4) is 22.5 Å². The van der Waals surface area contributed by atoms with E-state index in [-0.39, 0.29) is 11.8 Å². The van der Waals surface area contributed by atoms with E-state index < -0.39 is 0 Å². The fourth-order valence-electron chi connectivity index (χ4n) is 3.37. The van der Waals surface area contributed by atoms with E-state index in [1.54, 1.807) is 5.51 Å². The molecule has 2 amide bonds. The number of thiazole rings is 2. The topological polar surface area (TPSA) is 84.0 Å². The minimum atomic E-state index is -0.217. The van der Waals surface area contributed by atoms with Crippen molar-refractivity contribution in [1.29, 1.82) is 0 Å². The second kappa shape index (κ2) is 7.81. The maximum absolute atomic E-state index is 12.8. The van der Waals surface area contributed by atoms with Crippen LogP contribution in [0.15, 0.2) is 59.4 Å². The smallest absolute Gasteiger partial charge is 0.269 e. The summed E-state index contributed by atoms with van der Waals surface area (Å²) in [5, 5.41) is 8.24. The van der Waals surface area contributed by atoms with Gasteiger partial charge in [0.25, 0.3) is 5.91 Å². The molecule has 4 aromatic rings. The molecular weight excluding hydrogens is 416 g/mol. The van der Waals surface area contributed by atoms with Crippen LogP contribution in [0.3, 0.4) is 0 Å². The van der Waals surface area contributed by atoms with Gasteiger partial charge < -0.3 is 5.32 Å². The van der Waals surface area contributed by atoms with Gasteiger partial charge in [-0.05, 0) is 24.1 Å². The lowest BCUT2D eigenvalue weighted by atomic mass is 9.99. The first-order chi connectivity index (χ1) is 14.7. The number of benzene rings is 2. The van der Waals surface area contributed by atoms with Gasteiger partial charge in [0.1, 0.15) is 4.88 Å². The van der Waals surface area contributed by atoms with Crippen molar-refractivity contribution in [2.45, 2.75) is 12.8 Å². The van der Waals surface area contributed by atoms with Crippen molar-refractivity contribution < 1.29 is 9.59 Å². The molecule has 5 rings (SSSR count). The van der Waals surface area contributed by atoms with Crippen LogP contribution in [0, 0.1) is 0 Å². The molecule has 0 spiro atoms. The standard InChI is InChI=1S/C22H16N4O2S2/c27-18-9-7-14-10-15(6-8-16(14)24-18)17-11-29-22(25-17)26-21(28)20-19(23-12-30-20)13-4-2-1-3-5-13/h1-6,8,10-12H,7,9H2,(H,24,27)(H,25,26,28). The first-order valence-electron chi connectivity index (χ1n) is 9.36. The molecule has 0 fully saturated rings. The van der Waals surface area contributed by atoms with E-state index in [9.17, 15) is 9.59 Å². The summed E-state index contributed by atoms with van der Waals surface area (Å²) in [5.41, 5.74) is 6.97. The Balaban J connectivity index is 1.36. The maximum atomic E-state index is 12.8. The van der Waals surface area contributed by atoms with E-state index in [2.05, 4.69) is 20.6 Å². The zero-order valence-electron chi connectivity index (χ0n) is 15.7. The summed E-state index contributed by atoms with van der Waals surface area (Å²) in [5.74, 6) is -0.169. The number of nitrogens with zero attached hydrogens (tertiary/aromatic N) is 2. The number of carbonyl (C=O) groups excluding carboxylic acids is 2. The van der Waals surface area contributed by atoms with Crippen LogP contribution in [0.4, 0.5) is 10.8 Å². The lowest BCUT2D eigenvalue weighted by molar-refractivity contribution is -0.116. The number of hydrogen-bond donors (Lipinski definition) is 2. The van der Waals surface area contributed by atoms with Crippen molar-refractivity contribution in [1.82, 2.24) is 9.97 Å². The molecule has 8 heteroatoms. The van der Waals surface area contributed by atoms with E-state index >= 15 is 0 Å². The minimum absolute atomic E-state index is 0.0480. The van der Waals surface area contributed by atoms with Gasteiger partial charge in [0.2, 0.25) is 5.91 Å². The van der Waals surface area contributed by atoms with Crippen LogP contribution >= 0.6 is 22.7 Å². The molecule has 1 aliphatic heterocycles. The molecule has 3 heterocycles. The summed E-state index contributed by atoms with van der Waals surface area (Å²) in [6.45, 7) is 0. The van der Waals surface area contributed by atoms with Crippen molar-refractivity contribution in [2.75, 3.05) is 10.6 Å². The Labute approximate surface area is 180 Å². The minimum Gasteiger partial charge on any atom is -0.326 e. The predicted molar refractivity (Wildman–Crippen MR) is 120 cm³/mol. The van der Waals surface area contributed by atoms with Crippen LogP contribution in [0.1, 0.15) is 21.7 Å². The number of fused-ring (bicyclic) bond motifs is 1. The number of nitrogens with one attached hydrogen (secondary N) is 2. The molecule has 1 aliphatic rings. The van der Waals surface area contributed by atoms with Crippen LogP contribution < -0.4 is 10.6 Å². The highest BCUT2D eigenvalue weighted by Gasteiger charge is 2.19. The van der Waals surface area contributed by atoms with Gasteiger partial charge in [-0.3, -0.25) is 14.9 Å². The third kappa shape index (κ3) is 3.62. The summed E-state index contributed by atoms with van der Waals surface area (Å²) < 4.78 is 0. The largest absolute Gasteiger partial charge is 0.326 e. The lowest BCUT2D eigenvalue weighted by Crippen LogP contribution is -2.18. The summed E-state index contributed by atoms with van der Waals surface area (Å²) >= 11 is 2.69. The zero-order chi connectivity index (χ0) is 20.5. The quantitative estimate of drug-likeness (QED) is 0.472. The molecule has 0 aliphatic carbocycles. The molecule has 0 bridgehead atoms. The predicted octanol–water partition coefficient (Wildman–Crippen LogP) is 5.07. The van der Waals surface area contributed by atoms with Crippen LogP contribution in [0.25, 0.3) is 22.5 Å². The first-order valence-corrected chi connectivity index (χ1v) is 11.1. The number of anilines is 2. The normalized spacial score (nSPS) is 12.9. The molecular formula is C22H16N4O2S2. The molecule has 0 saturated heterocycles. The average molecular weight is 433 g/mol. The van der Waals surface area contributed by atoms with E-state index in [4.69, 9.17) is 0 Å². The Morgan fingerprint density at radius 3 is 2.77 bits per heavy atom. The highest BCUT2D eigenvalue weighted by Crippen LogP contribution is 2.31. The molecule has 6 nitrogen and oxygen atoms in total. The second-order valence-electron chi connectivity index (χ2n) is 6.81. The lowest BCUT2D eigenvalue weighted by Gasteiger charge is -2.17. The Hall–Kier alpha value is -3.36. The summed E-state index contributed by atoms with van der Waals surface area (Å²) in [6, 6.07) is 15.5. The molecule has 0 saturated carbocycles. The second-order valence-corrected chi connectivity index (χ2v) is 8.52. The third-order valence-corrected chi connectivity index (χ3v) is 6.43. The molecule has 2 aromatic carbocycles. The summed E-state index contributed by atoms with van der Waals surface area (Å²) in [7, 11) is 0. The van der Waals surface area contributed by atoms with E-state index in [0.29, 0.717) is 22.1 Å². The van der Waals surface area contributed by atoms with Gasteiger partial charge in [-0.2, -0.15) is 0 Å². The molecule has 148 valence electrons. The van der Waals surface area contributed by atoms with Gasteiger partial charge in [-0.15, -0.1) is 22.7 Å². The number of carbonyl (C=O) groups is 2. The van der Waals surface area contributed by atoms with Crippen LogP contribution in [0.2, 0.25) is 0 Å². The monoisotopic (exact) mass is 432 g/mol. The Morgan fingerprint density at radius 1 is 1.03 bits per heavy atom. The number of aryl methyl sites for hydroxylation is 1. The fourth-order valence-corrected chi connectivity index (χ4v) is 4.79. The molecule has 30 heavy (non-hydrogen) atoms.